The van der Waals surface area contributed by atoms with Crippen molar-refractivity contribution in [1.29, 1.82) is 0 Å². The molecule has 0 saturated heterocycles. The van der Waals surface area contributed by atoms with Crippen LogP contribution in [0.2, 0.25) is 0 Å². The van der Waals surface area contributed by atoms with E-state index in [1.54, 1.807) is 0 Å². The molecule has 0 aromatic heterocycles. The lowest BCUT2D eigenvalue weighted by atomic mass is 10.1. The summed E-state index contributed by atoms with van der Waals surface area (Å²) in [5.41, 5.74) is 3.14. The molecule has 0 saturated carbocycles. The van der Waals surface area contributed by atoms with E-state index in [1.807, 2.05) is 32.9 Å². The molecule has 1 aromatic rings. The molecule has 6 heteroatoms. The van der Waals surface area contributed by atoms with Crippen molar-refractivity contribution in [2.45, 2.75) is 20.8 Å². The van der Waals surface area contributed by atoms with Crippen LogP contribution in [0.25, 0.3) is 0 Å². The number of hydrogen-bond donors (Lipinski definition) is 2. The Morgan fingerprint density at radius 1 is 1.13 bits per heavy atom. The van der Waals surface area contributed by atoms with Crippen LogP contribution in [0.5, 0.6) is 5.75 Å². The molecule has 126 valence electrons. The summed E-state index contributed by atoms with van der Waals surface area (Å²) < 4.78 is 10.3. The minimum absolute atomic E-state index is 0.0634. The molecule has 2 N–H and O–H groups in total. The Bertz CT molecular complexity index is 570. The van der Waals surface area contributed by atoms with Gasteiger partial charge in [0.15, 0.2) is 6.61 Å². The number of rotatable bonds is 8. The fourth-order valence-corrected chi connectivity index (χ4v) is 1.89. The largest absolute Gasteiger partial charge is 0.483 e. The quantitative estimate of drug-likeness (QED) is 0.567. The smallest absolute Gasteiger partial charge is 0.407 e. The summed E-state index contributed by atoms with van der Waals surface area (Å²) in [6.07, 6.45) is 0.940. The van der Waals surface area contributed by atoms with Gasteiger partial charge >= 0.3 is 6.09 Å². The third kappa shape index (κ3) is 6.42. The average molecular weight is 320 g/mol. The van der Waals surface area contributed by atoms with Gasteiger partial charge in [0.2, 0.25) is 0 Å². The number of alkyl carbamates (subject to hydrolysis) is 1. The third-order valence-electron chi connectivity index (χ3n) is 3.27. The zero-order valence-electron chi connectivity index (χ0n) is 13.9. The Morgan fingerprint density at radius 3 is 2.48 bits per heavy atom. The Morgan fingerprint density at radius 2 is 1.78 bits per heavy atom. The first-order chi connectivity index (χ1) is 11.0. The van der Waals surface area contributed by atoms with Crippen molar-refractivity contribution in [1.82, 2.24) is 10.6 Å². The van der Waals surface area contributed by atoms with Gasteiger partial charge in [0.1, 0.15) is 12.4 Å². The normalized spacial score (nSPS) is 9.87. The average Bonchev–Trinajstić information content (AvgIpc) is 2.53. The third-order valence-corrected chi connectivity index (χ3v) is 3.27. The van der Waals surface area contributed by atoms with Crippen LogP contribution in [-0.4, -0.2) is 38.3 Å². The van der Waals surface area contributed by atoms with Crippen LogP contribution in [-0.2, 0) is 9.53 Å². The summed E-state index contributed by atoms with van der Waals surface area (Å²) in [5.74, 6) is 0.498. The summed E-state index contributed by atoms with van der Waals surface area (Å²) in [5, 5.41) is 5.17. The molecule has 0 atom stereocenters. The number of amides is 2. The SMILES string of the molecule is C=CCOC(=O)NCCNC(=O)COc1c(C)ccc(C)c1C. The first kappa shape index (κ1) is 18.5. The summed E-state index contributed by atoms with van der Waals surface area (Å²) in [7, 11) is 0. The maximum atomic E-state index is 11.7. The molecule has 0 spiro atoms. The number of hydrogen-bond acceptors (Lipinski definition) is 4. The molecule has 0 radical (unpaired) electrons. The predicted octanol–water partition coefficient (Wildman–Crippen LogP) is 2.02. The fraction of sp³-hybridized carbons (Fsp3) is 0.412. The highest BCUT2D eigenvalue weighted by molar-refractivity contribution is 5.77. The van der Waals surface area contributed by atoms with Crippen LogP contribution < -0.4 is 15.4 Å². The van der Waals surface area contributed by atoms with Crippen molar-refractivity contribution < 1.29 is 19.1 Å². The van der Waals surface area contributed by atoms with Crippen LogP contribution in [0.3, 0.4) is 0 Å². The van der Waals surface area contributed by atoms with Crippen molar-refractivity contribution in [3.8, 4) is 5.75 Å². The molecule has 0 aliphatic carbocycles. The second-order valence-electron chi connectivity index (χ2n) is 5.11. The lowest BCUT2D eigenvalue weighted by molar-refractivity contribution is -0.123. The summed E-state index contributed by atoms with van der Waals surface area (Å²) in [6, 6.07) is 3.99. The van der Waals surface area contributed by atoms with Crippen molar-refractivity contribution in [3.63, 3.8) is 0 Å². The van der Waals surface area contributed by atoms with Gasteiger partial charge in [-0.25, -0.2) is 4.79 Å². The molecule has 0 aliphatic heterocycles. The molecule has 1 rings (SSSR count). The fourth-order valence-electron chi connectivity index (χ4n) is 1.89. The van der Waals surface area contributed by atoms with Gasteiger partial charge in [-0.3, -0.25) is 4.79 Å². The molecule has 1 aromatic carbocycles. The number of nitrogens with one attached hydrogen (secondary N) is 2. The minimum Gasteiger partial charge on any atom is -0.483 e. The first-order valence-corrected chi connectivity index (χ1v) is 7.43. The van der Waals surface area contributed by atoms with Crippen LogP contribution >= 0.6 is 0 Å². The van der Waals surface area contributed by atoms with Gasteiger partial charge in [-0.05, 0) is 37.5 Å². The van der Waals surface area contributed by atoms with Gasteiger partial charge in [0.25, 0.3) is 5.91 Å². The number of benzene rings is 1. The zero-order chi connectivity index (χ0) is 17.2. The highest BCUT2D eigenvalue weighted by Crippen LogP contribution is 2.25. The molecule has 0 unspecified atom stereocenters. The summed E-state index contributed by atoms with van der Waals surface area (Å²) >= 11 is 0. The standard InChI is InChI=1S/C17H24N2O4/c1-5-10-22-17(21)19-9-8-18-15(20)11-23-16-13(3)7-6-12(2)14(16)4/h5-7H,1,8-11H2,2-4H3,(H,18,20)(H,19,21). The summed E-state index contributed by atoms with van der Waals surface area (Å²) in [6.45, 7) is 10.0. The molecule has 0 aliphatic rings. The van der Waals surface area contributed by atoms with Crippen molar-refractivity contribution in [3.05, 3.63) is 41.5 Å². The molecule has 0 heterocycles. The lowest BCUT2D eigenvalue weighted by Gasteiger charge is -2.14. The van der Waals surface area contributed by atoms with Crippen molar-refractivity contribution >= 4 is 12.0 Å². The Labute approximate surface area is 136 Å². The van der Waals surface area contributed by atoms with E-state index >= 15 is 0 Å². The lowest BCUT2D eigenvalue weighted by Crippen LogP contribution is -2.37. The Balaban J connectivity index is 2.29. The van der Waals surface area contributed by atoms with E-state index in [0.717, 1.165) is 22.4 Å². The number of carbonyl (C=O) groups excluding carboxylic acids is 2. The van der Waals surface area contributed by atoms with Crippen LogP contribution in [0.4, 0.5) is 4.79 Å². The van der Waals surface area contributed by atoms with Crippen LogP contribution in [0, 0.1) is 20.8 Å². The Hall–Kier alpha value is -2.50. The maximum Gasteiger partial charge on any atom is 0.407 e. The monoisotopic (exact) mass is 320 g/mol. The van der Waals surface area contributed by atoms with E-state index in [9.17, 15) is 9.59 Å². The molecule has 6 nitrogen and oxygen atoms in total. The van der Waals surface area contributed by atoms with E-state index < -0.39 is 6.09 Å². The van der Waals surface area contributed by atoms with Gasteiger partial charge in [-0.2, -0.15) is 0 Å². The van der Waals surface area contributed by atoms with E-state index in [1.165, 1.54) is 6.08 Å². The summed E-state index contributed by atoms with van der Waals surface area (Å²) in [4.78, 5) is 22.9. The second-order valence-corrected chi connectivity index (χ2v) is 5.11. The van der Waals surface area contributed by atoms with Gasteiger partial charge in [0.05, 0.1) is 0 Å². The van der Waals surface area contributed by atoms with E-state index in [0.29, 0.717) is 6.54 Å². The molecular formula is C17H24N2O4. The van der Waals surface area contributed by atoms with Gasteiger partial charge in [0, 0.05) is 13.1 Å². The molecule has 0 bridgehead atoms. The molecule has 2 amide bonds. The van der Waals surface area contributed by atoms with E-state index in [4.69, 9.17) is 9.47 Å². The Kier molecular flexibility index (Phi) is 7.66. The van der Waals surface area contributed by atoms with E-state index in [2.05, 4.69) is 17.2 Å². The van der Waals surface area contributed by atoms with Crippen LogP contribution in [0.1, 0.15) is 16.7 Å². The van der Waals surface area contributed by atoms with Gasteiger partial charge in [-0.1, -0.05) is 24.8 Å². The maximum absolute atomic E-state index is 11.7. The molecule has 0 fully saturated rings. The topological polar surface area (TPSA) is 76.7 Å². The van der Waals surface area contributed by atoms with Crippen molar-refractivity contribution in [2.75, 3.05) is 26.3 Å². The van der Waals surface area contributed by atoms with Gasteiger partial charge < -0.3 is 20.1 Å². The second kappa shape index (κ2) is 9.50. The highest BCUT2D eigenvalue weighted by Gasteiger charge is 2.09. The molecule has 23 heavy (non-hydrogen) atoms. The minimum atomic E-state index is -0.540. The number of carbonyl (C=O) groups is 2. The first-order valence-electron chi connectivity index (χ1n) is 7.43. The van der Waals surface area contributed by atoms with Crippen LogP contribution in [0.15, 0.2) is 24.8 Å². The molecular weight excluding hydrogens is 296 g/mol. The number of ether oxygens (including phenoxy) is 2. The number of aryl methyl sites for hydroxylation is 2. The zero-order valence-corrected chi connectivity index (χ0v) is 13.9. The highest BCUT2D eigenvalue weighted by atomic mass is 16.5. The van der Waals surface area contributed by atoms with Gasteiger partial charge in [-0.15, -0.1) is 0 Å². The van der Waals surface area contributed by atoms with E-state index in [-0.39, 0.29) is 25.7 Å². The predicted molar refractivity (Wildman–Crippen MR) is 88.7 cm³/mol. The van der Waals surface area contributed by atoms with Crippen molar-refractivity contribution in [2.24, 2.45) is 0 Å².